The van der Waals surface area contributed by atoms with Crippen molar-refractivity contribution in [3.05, 3.63) is 64.7 Å². The Morgan fingerprint density at radius 1 is 0.941 bits per heavy atom. The number of methoxy groups -OCH3 is 1. The summed E-state index contributed by atoms with van der Waals surface area (Å²) in [6.45, 7) is 12.4. The molecule has 0 saturated heterocycles. The minimum absolute atomic E-state index is 0.0481. The molecule has 2 aromatic carbocycles. The number of benzene rings is 2. The lowest BCUT2D eigenvalue weighted by atomic mass is 9.89. The Bertz CT molecular complexity index is 1050. The van der Waals surface area contributed by atoms with Crippen LogP contribution in [0.2, 0.25) is 0 Å². The molecule has 0 heterocycles. The molecular weight excluding hydrogens is 446 g/mol. The van der Waals surface area contributed by atoms with Crippen LogP contribution in [0.5, 0.6) is 0 Å². The summed E-state index contributed by atoms with van der Waals surface area (Å²) in [6.07, 6.45) is 0.183. The Labute approximate surface area is 206 Å². The van der Waals surface area contributed by atoms with E-state index in [1.807, 2.05) is 89.2 Å². The molecule has 1 atom stereocenters. The molecule has 1 unspecified atom stereocenters. The average molecular weight is 488 g/mol. The molecule has 0 fully saturated rings. The highest BCUT2D eigenvalue weighted by Gasteiger charge is 2.27. The predicted octanol–water partition coefficient (Wildman–Crippen LogP) is 5.66. The van der Waals surface area contributed by atoms with Gasteiger partial charge in [-0.15, -0.1) is 0 Å². The van der Waals surface area contributed by atoms with Gasteiger partial charge in [0.25, 0.3) is 10.0 Å². The molecule has 6 nitrogen and oxygen atoms in total. The van der Waals surface area contributed by atoms with E-state index in [2.05, 4.69) is 23.8 Å². The lowest BCUT2D eigenvalue weighted by Crippen LogP contribution is -2.33. The summed E-state index contributed by atoms with van der Waals surface area (Å²) >= 11 is 0. The highest BCUT2D eigenvalue weighted by Crippen LogP contribution is 2.35. The second kappa shape index (κ2) is 12.0. The van der Waals surface area contributed by atoms with Gasteiger partial charge in [-0.1, -0.05) is 84.0 Å². The van der Waals surface area contributed by atoms with Gasteiger partial charge in [0.2, 0.25) is 0 Å². The minimum atomic E-state index is -3.91. The van der Waals surface area contributed by atoms with Gasteiger partial charge < -0.3 is 4.74 Å². The van der Waals surface area contributed by atoms with E-state index in [4.69, 9.17) is 4.74 Å². The van der Waals surface area contributed by atoms with Gasteiger partial charge in [-0.05, 0) is 54.1 Å². The van der Waals surface area contributed by atoms with Crippen molar-refractivity contribution >= 4 is 15.7 Å². The Hall–Kier alpha value is -2.22. The first kappa shape index (κ1) is 28.0. The van der Waals surface area contributed by atoms with Gasteiger partial charge in [0, 0.05) is 13.5 Å². The van der Waals surface area contributed by atoms with Gasteiger partial charge in [0.05, 0.1) is 10.6 Å². The number of hydrogen-bond donors (Lipinski definition) is 1. The molecule has 0 bridgehead atoms. The van der Waals surface area contributed by atoms with E-state index in [-0.39, 0.29) is 18.1 Å². The fraction of sp³-hybridized carbons (Fsp3) is 0.519. The summed E-state index contributed by atoms with van der Waals surface area (Å²) < 4.78 is 33.0. The molecule has 2 aromatic rings. The van der Waals surface area contributed by atoms with Crippen molar-refractivity contribution in [2.24, 2.45) is 5.10 Å². The van der Waals surface area contributed by atoms with Crippen molar-refractivity contribution in [1.29, 1.82) is 0 Å². The van der Waals surface area contributed by atoms with E-state index in [1.165, 1.54) is 0 Å². The molecule has 0 amide bonds. The number of hydrazone groups is 1. The average Bonchev–Trinajstić information content (AvgIpc) is 2.78. The molecule has 1 N–H and O–H groups in total. The quantitative estimate of drug-likeness (QED) is 0.252. The standard InChI is InChI=1S/C27H41N3O3S/c1-18(2)22-15-23(19(3)4)27(24(16-22)20(5)6)34(31,32)29-28-25(17-26(33-9)30(7)8)21-13-11-10-12-14-21/h10-16,18-20,26,29H,17H2,1-9H3. The Morgan fingerprint density at radius 3 is 1.88 bits per heavy atom. The van der Waals surface area contributed by atoms with Crippen LogP contribution in [-0.2, 0) is 14.8 Å². The van der Waals surface area contributed by atoms with Gasteiger partial charge in [-0.3, -0.25) is 4.90 Å². The predicted molar refractivity (Wildman–Crippen MR) is 141 cm³/mol. The van der Waals surface area contributed by atoms with Crippen LogP contribution in [0, 0.1) is 0 Å². The fourth-order valence-corrected chi connectivity index (χ4v) is 5.39. The molecule has 0 aliphatic rings. The first-order valence-corrected chi connectivity index (χ1v) is 13.4. The van der Waals surface area contributed by atoms with Crippen LogP contribution in [0.15, 0.2) is 52.5 Å². The van der Waals surface area contributed by atoms with Gasteiger partial charge in [0.15, 0.2) is 0 Å². The molecule has 0 spiro atoms. The molecule has 0 radical (unpaired) electrons. The number of rotatable bonds is 11. The zero-order valence-corrected chi connectivity index (χ0v) is 22.9. The summed E-state index contributed by atoms with van der Waals surface area (Å²) in [5.74, 6) is 0.401. The zero-order valence-electron chi connectivity index (χ0n) is 22.1. The van der Waals surface area contributed by atoms with E-state index in [0.29, 0.717) is 22.9 Å². The SMILES string of the molecule is COC(CC(=NNS(=O)(=O)c1c(C(C)C)cc(C(C)C)cc1C(C)C)c1ccccc1)N(C)C. The largest absolute Gasteiger partial charge is 0.366 e. The third kappa shape index (κ3) is 6.90. The molecule has 0 aromatic heterocycles. The second-order valence-electron chi connectivity index (χ2n) is 9.87. The Kier molecular flexibility index (Phi) is 9.85. The Morgan fingerprint density at radius 2 is 1.47 bits per heavy atom. The van der Waals surface area contributed by atoms with Crippen molar-refractivity contribution in [2.75, 3.05) is 21.2 Å². The number of hydrogen-bond acceptors (Lipinski definition) is 5. The summed E-state index contributed by atoms with van der Waals surface area (Å²) in [6, 6.07) is 13.7. The molecule has 34 heavy (non-hydrogen) atoms. The smallest absolute Gasteiger partial charge is 0.277 e. The maximum Gasteiger partial charge on any atom is 0.277 e. The highest BCUT2D eigenvalue weighted by molar-refractivity contribution is 7.89. The molecule has 7 heteroatoms. The van der Waals surface area contributed by atoms with Crippen molar-refractivity contribution in [2.45, 2.75) is 76.8 Å². The van der Waals surface area contributed by atoms with Crippen molar-refractivity contribution in [3.8, 4) is 0 Å². The third-order valence-electron chi connectivity index (χ3n) is 5.97. The molecule has 0 aliphatic heterocycles. The van der Waals surface area contributed by atoms with Crippen LogP contribution in [0.3, 0.4) is 0 Å². The summed E-state index contributed by atoms with van der Waals surface area (Å²) in [4.78, 5) is 4.85. The summed E-state index contributed by atoms with van der Waals surface area (Å²) in [5, 5.41) is 4.44. The molecule has 0 aliphatic carbocycles. The molecule has 0 saturated carbocycles. The molecular formula is C27H41N3O3S. The maximum atomic E-state index is 13.7. The molecule has 2 rings (SSSR count). The first-order valence-electron chi connectivity index (χ1n) is 11.9. The van der Waals surface area contributed by atoms with Gasteiger partial charge >= 0.3 is 0 Å². The van der Waals surface area contributed by atoms with Crippen LogP contribution >= 0.6 is 0 Å². The van der Waals surface area contributed by atoms with Gasteiger partial charge in [0.1, 0.15) is 6.23 Å². The van der Waals surface area contributed by atoms with Crippen molar-refractivity contribution in [1.82, 2.24) is 9.73 Å². The van der Waals surface area contributed by atoms with Crippen molar-refractivity contribution in [3.63, 3.8) is 0 Å². The summed E-state index contributed by atoms with van der Waals surface area (Å²) in [7, 11) is 1.56. The Balaban J connectivity index is 2.62. The lowest BCUT2D eigenvalue weighted by Gasteiger charge is -2.24. The van der Waals surface area contributed by atoms with E-state index in [9.17, 15) is 8.42 Å². The van der Waals surface area contributed by atoms with Crippen molar-refractivity contribution < 1.29 is 13.2 Å². The summed E-state index contributed by atoms with van der Waals surface area (Å²) in [5.41, 5.74) is 4.25. The normalized spacial score (nSPS) is 13.9. The maximum absolute atomic E-state index is 13.7. The number of nitrogens with zero attached hydrogens (tertiary/aromatic N) is 2. The minimum Gasteiger partial charge on any atom is -0.366 e. The van der Waals surface area contributed by atoms with E-state index in [1.54, 1.807) is 7.11 Å². The number of nitrogens with one attached hydrogen (secondary N) is 1. The van der Waals surface area contributed by atoms with Crippen LogP contribution in [0.1, 0.15) is 88.0 Å². The first-order chi connectivity index (χ1) is 15.9. The van der Waals surface area contributed by atoms with E-state index in [0.717, 1.165) is 22.3 Å². The second-order valence-corrected chi connectivity index (χ2v) is 11.5. The van der Waals surface area contributed by atoms with Gasteiger partial charge in [-0.2, -0.15) is 18.4 Å². The van der Waals surface area contributed by atoms with Crippen LogP contribution in [0.25, 0.3) is 0 Å². The number of ether oxygens (including phenoxy) is 1. The topological polar surface area (TPSA) is 71.0 Å². The monoisotopic (exact) mass is 487 g/mol. The van der Waals surface area contributed by atoms with Crippen LogP contribution in [0.4, 0.5) is 0 Å². The zero-order chi connectivity index (χ0) is 25.6. The van der Waals surface area contributed by atoms with E-state index < -0.39 is 10.0 Å². The number of sulfonamides is 1. The van der Waals surface area contributed by atoms with Crippen LogP contribution in [-0.4, -0.2) is 46.5 Å². The third-order valence-corrected chi connectivity index (χ3v) is 7.31. The van der Waals surface area contributed by atoms with E-state index >= 15 is 0 Å². The van der Waals surface area contributed by atoms with Gasteiger partial charge in [-0.25, -0.2) is 0 Å². The molecule has 188 valence electrons. The lowest BCUT2D eigenvalue weighted by molar-refractivity contribution is 0.00259. The fourth-order valence-electron chi connectivity index (χ4n) is 3.86. The van der Waals surface area contributed by atoms with Crippen LogP contribution < -0.4 is 4.83 Å². The highest BCUT2D eigenvalue weighted by atomic mass is 32.2.